The summed E-state index contributed by atoms with van der Waals surface area (Å²) >= 11 is 0. The highest BCUT2D eigenvalue weighted by molar-refractivity contribution is 5.95. The number of nitrogens with one attached hydrogen (secondary N) is 2. The van der Waals surface area contributed by atoms with Crippen molar-refractivity contribution in [3.63, 3.8) is 0 Å². The molecule has 110 valence electrons. The molecule has 4 N–H and O–H groups in total. The molecule has 2 rings (SSSR count). The molecule has 0 aromatic heterocycles. The molecule has 0 aromatic rings. The van der Waals surface area contributed by atoms with Crippen LogP contribution in [0.15, 0.2) is 0 Å². The van der Waals surface area contributed by atoms with E-state index >= 15 is 0 Å². The maximum atomic E-state index is 11.6. The fourth-order valence-corrected chi connectivity index (χ4v) is 1.89. The van der Waals surface area contributed by atoms with Gasteiger partial charge in [-0.3, -0.25) is 15.0 Å². The van der Waals surface area contributed by atoms with E-state index in [9.17, 15) is 9.59 Å². The molecule has 1 saturated carbocycles. The predicted octanol–water partition coefficient (Wildman–Crippen LogP) is -0.944. The molecule has 1 heterocycles. The number of imide groups is 1. The Hall–Kier alpha value is -0.890. The number of halogens is 1. The van der Waals surface area contributed by atoms with Crippen molar-refractivity contribution in [2.24, 2.45) is 5.73 Å². The van der Waals surface area contributed by atoms with Gasteiger partial charge >= 0.3 is 6.03 Å². The average Bonchev–Trinajstić information content (AvgIpc) is 3.12. The summed E-state index contributed by atoms with van der Waals surface area (Å²) in [6.45, 7) is 2.55. The van der Waals surface area contributed by atoms with Gasteiger partial charge in [0.2, 0.25) is 5.91 Å². The van der Waals surface area contributed by atoms with Gasteiger partial charge in [0.1, 0.15) is 0 Å². The molecule has 19 heavy (non-hydrogen) atoms. The number of hydrogen-bond acceptors (Lipinski definition) is 5. The van der Waals surface area contributed by atoms with Gasteiger partial charge in [-0.1, -0.05) is 0 Å². The molecule has 1 aliphatic heterocycles. The molecule has 8 heteroatoms. The Morgan fingerprint density at radius 2 is 2.11 bits per heavy atom. The zero-order valence-electron chi connectivity index (χ0n) is 10.8. The number of urea groups is 1. The Morgan fingerprint density at radius 1 is 1.37 bits per heavy atom. The average molecular weight is 293 g/mol. The Kier molecular flexibility index (Phi) is 6.50. The normalized spacial score (nSPS) is 23.3. The van der Waals surface area contributed by atoms with Gasteiger partial charge in [-0.2, -0.15) is 0 Å². The van der Waals surface area contributed by atoms with Crippen LogP contribution in [0.3, 0.4) is 0 Å². The molecular weight excluding hydrogens is 272 g/mol. The van der Waals surface area contributed by atoms with Gasteiger partial charge in [-0.05, 0) is 12.8 Å². The molecule has 1 saturated heterocycles. The lowest BCUT2D eigenvalue weighted by molar-refractivity contribution is -0.123. The Labute approximate surface area is 118 Å². The van der Waals surface area contributed by atoms with Crippen LogP contribution in [0.25, 0.3) is 0 Å². The van der Waals surface area contributed by atoms with Crippen molar-refractivity contribution in [1.29, 1.82) is 0 Å². The highest BCUT2D eigenvalue weighted by Crippen LogP contribution is 2.18. The molecule has 1 unspecified atom stereocenters. The second-order valence-electron chi connectivity index (χ2n) is 4.76. The van der Waals surface area contributed by atoms with Gasteiger partial charge in [0.25, 0.3) is 0 Å². The van der Waals surface area contributed by atoms with Crippen LogP contribution in [0.5, 0.6) is 0 Å². The lowest BCUT2D eigenvalue weighted by Gasteiger charge is -2.31. The zero-order chi connectivity index (χ0) is 13.0. The third-order valence-electron chi connectivity index (χ3n) is 3.02. The highest BCUT2D eigenvalue weighted by atomic mass is 35.5. The third-order valence-corrected chi connectivity index (χ3v) is 3.02. The molecule has 0 bridgehead atoms. The van der Waals surface area contributed by atoms with Crippen molar-refractivity contribution >= 4 is 24.3 Å². The molecule has 7 nitrogen and oxygen atoms in total. The smallest absolute Gasteiger partial charge is 0.321 e. The van der Waals surface area contributed by atoms with E-state index in [1.165, 1.54) is 0 Å². The Bertz CT molecular complexity index is 325. The first kappa shape index (κ1) is 16.2. The number of amides is 3. The van der Waals surface area contributed by atoms with E-state index in [1.807, 2.05) is 4.90 Å². The van der Waals surface area contributed by atoms with E-state index in [1.54, 1.807) is 0 Å². The SMILES string of the molecule is Cl.NCC1CN(CC(=O)NC(=O)NC2CC2)CCO1. The minimum Gasteiger partial charge on any atom is -0.374 e. The Morgan fingerprint density at radius 3 is 2.74 bits per heavy atom. The number of morpholine rings is 1. The number of nitrogens with zero attached hydrogens (tertiary/aromatic N) is 1. The van der Waals surface area contributed by atoms with Gasteiger partial charge in [-0.15, -0.1) is 12.4 Å². The van der Waals surface area contributed by atoms with Crippen LogP contribution in [0.2, 0.25) is 0 Å². The van der Waals surface area contributed by atoms with Crippen molar-refractivity contribution in [3.8, 4) is 0 Å². The summed E-state index contributed by atoms with van der Waals surface area (Å²) in [6.07, 6.45) is 1.99. The van der Waals surface area contributed by atoms with Crippen LogP contribution >= 0.6 is 12.4 Å². The number of carbonyl (C=O) groups is 2. The lowest BCUT2D eigenvalue weighted by atomic mass is 10.2. The summed E-state index contributed by atoms with van der Waals surface area (Å²) in [6, 6.07) is -0.144. The number of rotatable bonds is 4. The van der Waals surface area contributed by atoms with Crippen molar-refractivity contribution in [2.45, 2.75) is 25.0 Å². The van der Waals surface area contributed by atoms with Crippen molar-refractivity contribution in [3.05, 3.63) is 0 Å². The second kappa shape index (κ2) is 7.64. The second-order valence-corrected chi connectivity index (χ2v) is 4.76. The van der Waals surface area contributed by atoms with E-state index in [0.717, 1.165) is 12.8 Å². The molecule has 0 spiro atoms. The highest BCUT2D eigenvalue weighted by Gasteiger charge is 2.25. The number of ether oxygens (including phenoxy) is 1. The van der Waals surface area contributed by atoms with Crippen LogP contribution in [-0.4, -0.2) is 61.8 Å². The zero-order valence-corrected chi connectivity index (χ0v) is 11.6. The van der Waals surface area contributed by atoms with Crippen LogP contribution in [0.1, 0.15) is 12.8 Å². The minimum absolute atomic E-state index is 0. The Balaban J connectivity index is 0.00000180. The molecule has 0 radical (unpaired) electrons. The van der Waals surface area contributed by atoms with E-state index in [0.29, 0.717) is 26.2 Å². The number of nitrogens with two attached hydrogens (primary N) is 1. The largest absolute Gasteiger partial charge is 0.374 e. The maximum Gasteiger partial charge on any atom is 0.321 e. The maximum absolute atomic E-state index is 11.6. The van der Waals surface area contributed by atoms with Crippen molar-refractivity contribution < 1.29 is 14.3 Å². The topological polar surface area (TPSA) is 96.7 Å². The van der Waals surface area contributed by atoms with E-state index in [-0.39, 0.29) is 37.0 Å². The van der Waals surface area contributed by atoms with Crippen molar-refractivity contribution in [1.82, 2.24) is 15.5 Å². The summed E-state index contributed by atoms with van der Waals surface area (Å²) in [7, 11) is 0. The van der Waals surface area contributed by atoms with Crippen molar-refractivity contribution in [2.75, 3.05) is 32.8 Å². The van der Waals surface area contributed by atoms with E-state index < -0.39 is 6.03 Å². The van der Waals surface area contributed by atoms with E-state index in [4.69, 9.17) is 10.5 Å². The summed E-state index contributed by atoms with van der Waals surface area (Å²) < 4.78 is 5.40. The van der Waals surface area contributed by atoms with E-state index in [2.05, 4.69) is 10.6 Å². The summed E-state index contributed by atoms with van der Waals surface area (Å²) in [5.41, 5.74) is 5.52. The molecule has 0 aromatic carbocycles. The number of hydrogen-bond donors (Lipinski definition) is 3. The van der Waals surface area contributed by atoms with Gasteiger partial charge in [0, 0.05) is 25.7 Å². The lowest BCUT2D eigenvalue weighted by Crippen LogP contribution is -2.50. The fraction of sp³-hybridized carbons (Fsp3) is 0.818. The molecular formula is C11H21ClN4O3. The summed E-state index contributed by atoms with van der Waals surface area (Å²) in [4.78, 5) is 24.9. The van der Waals surface area contributed by atoms with Crippen LogP contribution in [0.4, 0.5) is 4.79 Å². The number of carbonyl (C=O) groups excluding carboxylic acids is 2. The summed E-state index contributed by atoms with van der Waals surface area (Å²) in [5.74, 6) is -0.286. The standard InChI is InChI=1S/C11H20N4O3.ClH/c12-5-9-6-15(3-4-18-9)7-10(16)14-11(17)13-8-1-2-8;/h8-9H,1-7,12H2,(H2,13,14,16,17);1H. The molecule has 2 fully saturated rings. The molecule has 2 aliphatic rings. The van der Waals surface area contributed by atoms with Gasteiger partial charge in [0.05, 0.1) is 19.3 Å². The van der Waals surface area contributed by atoms with Gasteiger partial charge in [0.15, 0.2) is 0 Å². The summed E-state index contributed by atoms with van der Waals surface area (Å²) in [5, 5.41) is 5.04. The third kappa shape index (κ3) is 5.73. The minimum atomic E-state index is -0.397. The first-order chi connectivity index (χ1) is 8.67. The predicted molar refractivity (Wildman–Crippen MR) is 72.2 cm³/mol. The first-order valence-corrected chi connectivity index (χ1v) is 6.31. The van der Waals surface area contributed by atoms with Crippen LogP contribution in [0, 0.1) is 0 Å². The molecule has 1 aliphatic carbocycles. The van der Waals surface area contributed by atoms with Crippen LogP contribution < -0.4 is 16.4 Å². The molecule has 3 amide bonds. The van der Waals surface area contributed by atoms with Gasteiger partial charge in [-0.25, -0.2) is 4.79 Å². The van der Waals surface area contributed by atoms with Gasteiger partial charge < -0.3 is 15.8 Å². The quantitative estimate of drug-likeness (QED) is 0.621. The fourth-order valence-electron chi connectivity index (χ4n) is 1.89. The van der Waals surface area contributed by atoms with Crippen LogP contribution in [-0.2, 0) is 9.53 Å². The molecule has 1 atom stereocenters. The first-order valence-electron chi connectivity index (χ1n) is 6.31. The monoisotopic (exact) mass is 292 g/mol.